The lowest BCUT2D eigenvalue weighted by Gasteiger charge is -2.05. The van der Waals surface area contributed by atoms with E-state index in [9.17, 15) is 4.79 Å². The van der Waals surface area contributed by atoms with E-state index in [-0.39, 0.29) is 5.91 Å². The van der Waals surface area contributed by atoms with E-state index in [1.165, 1.54) is 6.20 Å². The predicted octanol–water partition coefficient (Wildman–Crippen LogP) is 1.67. The molecule has 0 aliphatic heterocycles. The fourth-order valence-corrected chi connectivity index (χ4v) is 1.60. The number of hydrogen-bond donors (Lipinski definition) is 1. The molecule has 0 aliphatic rings. The molecular weight excluding hydrogens is 252 g/mol. The second-order valence-corrected chi connectivity index (χ2v) is 4.29. The van der Waals surface area contributed by atoms with Gasteiger partial charge in [-0.05, 0) is 24.6 Å². The number of pyridine rings is 1. The van der Waals surface area contributed by atoms with Gasteiger partial charge in [0.15, 0.2) is 0 Å². The Balaban J connectivity index is 1.83. The maximum absolute atomic E-state index is 11.7. The highest BCUT2D eigenvalue weighted by Gasteiger charge is 2.05. The monoisotopic (exact) mass is 264 g/mol. The highest BCUT2D eigenvalue weighted by atomic mass is 35.5. The molecule has 0 spiro atoms. The summed E-state index contributed by atoms with van der Waals surface area (Å²) in [6.07, 6.45) is 5.16. The molecule has 0 fully saturated rings. The summed E-state index contributed by atoms with van der Waals surface area (Å²) in [6.45, 7) is 3.13. The van der Waals surface area contributed by atoms with Crippen molar-refractivity contribution in [3.05, 3.63) is 47.0 Å². The van der Waals surface area contributed by atoms with E-state index >= 15 is 0 Å². The number of nitrogens with one attached hydrogen (secondary N) is 1. The molecule has 18 heavy (non-hydrogen) atoms. The summed E-state index contributed by atoms with van der Waals surface area (Å²) in [4.78, 5) is 15.6. The largest absolute Gasteiger partial charge is 0.350 e. The third-order valence-corrected chi connectivity index (χ3v) is 2.60. The molecule has 0 atom stereocenters. The van der Waals surface area contributed by atoms with Crippen LogP contribution in [0.4, 0.5) is 0 Å². The number of nitrogens with zero attached hydrogens (tertiary/aromatic N) is 3. The molecule has 0 radical (unpaired) electrons. The number of halogens is 1. The number of aryl methyl sites for hydroxylation is 1. The lowest BCUT2D eigenvalue weighted by Crippen LogP contribution is -2.27. The SMILES string of the molecule is Cc1cnn(CCNC(=O)c2ccc(Cl)nc2)c1. The molecule has 94 valence electrons. The normalized spacial score (nSPS) is 10.3. The van der Waals surface area contributed by atoms with Crippen molar-refractivity contribution < 1.29 is 4.79 Å². The van der Waals surface area contributed by atoms with Crippen LogP contribution in [0, 0.1) is 6.92 Å². The van der Waals surface area contributed by atoms with Crippen LogP contribution in [0.25, 0.3) is 0 Å². The fraction of sp³-hybridized carbons (Fsp3) is 0.250. The molecule has 6 heteroatoms. The Kier molecular flexibility index (Phi) is 3.94. The molecule has 0 saturated heterocycles. The molecule has 5 nitrogen and oxygen atoms in total. The number of carbonyl (C=O) groups is 1. The molecule has 0 unspecified atom stereocenters. The second kappa shape index (κ2) is 5.64. The van der Waals surface area contributed by atoms with Gasteiger partial charge in [-0.15, -0.1) is 0 Å². The van der Waals surface area contributed by atoms with Gasteiger partial charge in [-0.1, -0.05) is 11.6 Å². The van der Waals surface area contributed by atoms with Crippen LogP contribution < -0.4 is 5.32 Å². The van der Waals surface area contributed by atoms with Crippen LogP contribution in [0.1, 0.15) is 15.9 Å². The van der Waals surface area contributed by atoms with Gasteiger partial charge in [-0.2, -0.15) is 5.10 Å². The summed E-state index contributed by atoms with van der Waals surface area (Å²) in [7, 11) is 0. The maximum Gasteiger partial charge on any atom is 0.252 e. The first-order valence-corrected chi connectivity index (χ1v) is 5.92. The summed E-state index contributed by atoms with van der Waals surface area (Å²) >= 11 is 5.65. The van der Waals surface area contributed by atoms with Crippen LogP contribution in [-0.4, -0.2) is 27.2 Å². The van der Waals surface area contributed by atoms with Crippen LogP contribution in [-0.2, 0) is 6.54 Å². The Labute approximate surface area is 110 Å². The first kappa shape index (κ1) is 12.6. The van der Waals surface area contributed by atoms with Crippen molar-refractivity contribution >= 4 is 17.5 Å². The van der Waals surface area contributed by atoms with Crippen molar-refractivity contribution in [1.82, 2.24) is 20.1 Å². The van der Waals surface area contributed by atoms with Crippen molar-refractivity contribution in [3.8, 4) is 0 Å². The molecule has 1 N–H and O–H groups in total. The number of carbonyl (C=O) groups excluding carboxylic acids is 1. The minimum absolute atomic E-state index is 0.164. The van der Waals surface area contributed by atoms with Crippen molar-refractivity contribution in [3.63, 3.8) is 0 Å². The Hall–Kier alpha value is -1.88. The summed E-state index contributed by atoms with van der Waals surface area (Å²) in [6, 6.07) is 3.23. The highest BCUT2D eigenvalue weighted by molar-refractivity contribution is 6.29. The van der Waals surface area contributed by atoms with Gasteiger partial charge in [-0.3, -0.25) is 9.48 Å². The van der Waals surface area contributed by atoms with E-state index in [1.54, 1.807) is 23.0 Å². The van der Waals surface area contributed by atoms with Gasteiger partial charge < -0.3 is 5.32 Å². The van der Waals surface area contributed by atoms with E-state index in [1.807, 2.05) is 13.1 Å². The standard InChI is InChI=1S/C12H13ClN4O/c1-9-6-16-17(8-9)5-4-14-12(18)10-2-3-11(13)15-7-10/h2-3,6-8H,4-5H2,1H3,(H,14,18). The maximum atomic E-state index is 11.7. The topological polar surface area (TPSA) is 59.8 Å². The van der Waals surface area contributed by atoms with Crippen LogP contribution in [0.5, 0.6) is 0 Å². The third-order valence-electron chi connectivity index (χ3n) is 2.38. The van der Waals surface area contributed by atoms with Crippen LogP contribution in [0.15, 0.2) is 30.7 Å². The molecule has 2 rings (SSSR count). The molecule has 0 aliphatic carbocycles. The molecule has 0 aromatic carbocycles. The molecular formula is C12H13ClN4O. The van der Waals surface area contributed by atoms with Gasteiger partial charge in [-0.25, -0.2) is 4.98 Å². The Morgan fingerprint density at radius 2 is 2.28 bits per heavy atom. The third kappa shape index (κ3) is 3.30. The Morgan fingerprint density at radius 1 is 1.44 bits per heavy atom. The van der Waals surface area contributed by atoms with E-state index in [0.29, 0.717) is 23.8 Å². The van der Waals surface area contributed by atoms with Gasteiger partial charge in [0.05, 0.1) is 18.3 Å². The molecule has 2 aromatic heterocycles. The number of rotatable bonds is 4. The number of hydrogen-bond acceptors (Lipinski definition) is 3. The number of aromatic nitrogens is 3. The Bertz CT molecular complexity index is 535. The smallest absolute Gasteiger partial charge is 0.252 e. The minimum atomic E-state index is -0.164. The van der Waals surface area contributed by atoms with Crippen LogP contribution >= 0.6 is 11.6 Å². The summed E-state index contributed by atoms with van der Waals surface area (Å²) in [5, 5.41) is 7.30. The van der Waals surface area contributed by atoms with Crippen molar-refractivity contribution in [2.24, 2.45) is 0 Å². The quantitative estimate of drug-likeness (QED) is 0.855. The first-order valence-electron chi connectivity index (χ1n) is 5.54. The summed E-state index contributed by atoms with van der Waals surface area (Å²) in [5.41, 5.74) is 1.60. The molecule has 0 bridgehead atoms. The van der Waals surface area contributed by atoms with Gasteiger partial charge in [0, 0.05) is 18.9 Å². The van der Waals surface area contributed by atoms with E-state index in [2.05, 4.69) is 15.4 Å². The average Bonchev–Trinajstić information content (AvgIpc) is 2.76. The molecule has 1 amide bonds. The zero-order valence-electron chi connectivity index (χ0n) is 9.93. The van der Waals surface area contributed by atoms with E-state index in [0.717, 1.165) is 5.56 Å². The Morgan fingerprint density at radius 3 is 2.89 bits per heavy atom. The average molecular weight is 265 g/mol. The fourth-order valence-electron chi connectivity index (χ4n) is 1.49. The molecule has 2 heterocycles. The summed E-state index contributed by atoms with van der Waals surface area (Å²) < 4.78 is 1.79. The van der Waals surface area contributed by atoms with Crippen LogP contribution in [0.2, 0.25) is 5.15 Å². The summed E-state index contributed by atoms with van der Waals surface area (Å²) in [5.74, 6) is -0.164. The zero-order valence-corrected chi connectivity index (χ0v) is 10.7. The first-order chi connectivity index (χ1) is 8.65. The van der Waals surface area contributed by atoms with Gasteiger partial charge in [0.1, 0.15) is 5.15 Å². The lowest BCUT2D eigenvalue weighted by atomic mass is 10.3. The molecule has 2 aromatic rings. The van der Waals surface area contributed by atoms with Crippen molar-refractivity contribution in [2.75, 3.05) is 6.54 Å². The number of amides is 1. The van der Waals surface area contributed by atoms with E-state index < -0.39 is 0 Å². The van der Waals surface area contributed by atoms with E-state index in [4.69, 9.17) is 11.6 Å². The van der Waals surface area contributed by atoms with Gasteiger partial charge in [0.25, 0.3) is 5.91 Å². The van der Waals surface area contributed by atoms with Crippen molar-refractivity contribution in [2.45, 2.75) is 13.5 Å². The van der Waals surface area contributed by atoms with Crippen molar-refractivity contribution in [1.29, 1.82) is 0 Å². The van der Waals surface area contributed by atoms with Gasteiger partial charge >= 0.3 is 0 Å². The van der Waals surface area contributed by atoms with Gasteiger partial charge in [0.2, 0.25) is 0 Å². The predicted molar refractivity (Wildman–Crippen MR) is 68.5 cm³/mol. The zero-order chi connectivity index (χ0) is 13.0. The lowest BCUT2D eigenvalue weighted by molar-refractivity contribution is 0.0951. The molecule has 0 saturated carbocycles. The second-order valence-electron chi connectivity index (χ2n) is 3.91. The minimum Gasteiger partial charge on any atom is -0.350 e. The van der Waals surface area contributed by atoms with Crippen LogP contribution in [0.3, 0.4) is 0 Å². The highest BCUT2D eigenvalue weighted by Crippen LogP contribution is 2.04.